The SMILES string of the molecule is COCCN(C)C(=O)c1ccc(C(C)(C)C)cc1C. The summed E-state index contributed by atoms with van der Waals surface area (Å²) in [4.78, 5) is 14.0. The Bertz CT molecular complexity index is 447. The maximum atomic E-state index is 12.3. The predicted molar refractivity (Wildman–Crippen MR) is 78.7 cm³/mol. The predicted octanol–water partition coefficient (Wildman–Crippen LogP) is 3.01. The van der Waals surface area contributed by atoms with E-state index >= 15 is 0 Å². The highest BCUT2D eigenvalue weighted by molar-refractivity contribution is 5.95. The van der Waals surface area contributed by atoms with Crippen molar-refractivity contribution in [2.24, 2.45) is 0 Å². The normalized spacial score (nSPS) is 11.5. The lowest BCUT2D eigenvalue weighted by atomic mass is 9.85. The summed E-state index contributed by atoms with van der Waals surface area (Å²) < 4.78 is 5.00. The van der Waals surface area contributed by atoms with Crippen LogP contribution < -0.4 is 0 Å². The lowest BCUT2D eigenvalue weighted by Crippen LogP contribution is -2.30. The Morgan fingerprint density at radius 2 is 1.95 bits per heavy atom. The number of carbonyl (C=O) groups excluding carboxylic acids is 1. The van der Waals surface area contributed by atoms with Crippen molar-refractivity contribution < 1.29 is 9.53 Å². The Labute approximate surface area is 116 Å². The van der Waals surface area contributed by atoms with Gasteiger partial charge in [0.25, 0.3) is 5.91 Å². The van der Waals surface area contributed by atoms with E-state index in [1.54, 1.807) is 19.1 Å². The molecule has 3 nitrogen and oxygen atoms in total. The van der Waals surface area contributed by atoms with Crippen molar-refractivity contribution >= 4 is 5.91 Å². The van der Waals surface area contributed by atoms with Crippen LogP contribution in [-0.4, -0.2) is 38.1 Å². The molecule has 3 heteroatoms. The van der Waals surface area contributed by atoms with Gasteiger partial charge in [-0.2, -0.15) is 0 Å². The minimum atomic E-state index is 0.0509. The van der Waals surface area contributed by atoms with Crippen molar-refractivity contribution in [3.63, 3.8) is 0 Å². The Hall–Kier alpha value is -1.35. The molecule has 0 N–H and O–H groups in total. The highest BCUT2D eigenvalue weighted by atomic mass is 16.5. The third kappa shape index (κ3) is 4.06. The minimum absolute atomic E-state index is 0.0509. The van der Waals surface area contributed by atoms with Crippen LogP contribution >= 0.6 is 0 Å². The lowest BCUT2D eigenvalue weighted by Gasteiger charge is -2.22. The summed E-state index contributed by atoms with van der Waals surface area (Å²) >= 11 is 0. The zero-order valence-corrected chi connectivity index (χ0v) is 12.9. The maximum absolute atomic E-state index is 12.3. The van der Waals surface area contributed by atoms with E-state index in [1.165, 1.54) is 5.56 Å². The number of hydrogen-bond donors (Lipinski definition) is 0. The van der Waals surface area contributed by atoms with Crippen molar-refractivity contribution in [1.29, 1.82) is 0 Å². The van der Waals surface area contributed by atoms with Crippen LogP contribution in [0.15, 0.2) is 18.2 Å². The average molecular weight is 263 g/mol. The summed E-state index contributed by atoms with van der Waals surface area (Å²) in [6, 6.07) is 6.09. The molecule has 0 saturated heterocycles. The number of aryl methyl sites for hydroxylation is 1. The van der Waals surface area contributed by atoms with Gasteiger partial charge in [0, 0.05) is 26.3 Å². The summed E-state index contributed by atoms with van der Waals surface area (Å²) in [5.41, 5.74) is 3.16. The van der Waals surface area contributed by atoms with Crippen molar-refractivity contribution in [1.82, 2.24) is 4.90 Å². The number of methoxy groups -OCH3 is 1. The first-order valence-electron chi connectivity index (χ1n) is 6.63. The van der Waals surface area contributed by atoms with Crippen LogP contribution in [0.25, 0.3) is 0 Å². The second-order valence-electron chi connectivity index (χ2n) is 6.00. The van der Waals surface area contributed by atoms with Gasteiger partial charge in [0.05, 0.1) is 6.61 Å². The van der Waals surface area contributed by atoms with Gasteiger partial charge in [-0.3, -0.25) is 4.79 Å². The summed E-state index contributed by atoms with van der Waals surface area (Å²) in [6.45, 7) is 9.68. The maximum Gasteiger partial charge on any atom is 0.253 e. The van der Waals surface area contributed by atoms with Gasteiger partial charge in [-0.05, 0) is 29.5 Å². The minimum Gasteiger partial charge on any atom is -0.383 e. The van der Waals surface area contributed by atoms with Crippen LogP contribution in [0.3, 0.4) is 0 Å². The summed E-state index contributed by atoms with van der Waals surface area (Å²) in [6.07, 6.45) is 0. The molecule has 0 aliphatic rings. The van der Waals surface area contributed by atoms with Gasteiger partial charge >= 0.3 is 0 Å². The number of benzene rings is 1. The second kappa shape index (κ2) is 6.20. The molecule has 0 heterocycles. The van der Waals surface area contributed by atoms with Crippen molar-refractivity contribution in [3.8, 4) is 0 Å². The van der Waals surface area contributed by atoms with Crippen molar-refractivity contribution in [3.05, 3.63) is 34.9 Å². The molecule has 0 aliphatic heterocycles. The molecular weight excluding hydrogens is 238 g/mol. The fourth-order valence-corrected chi connectivity index (χ4v) is 1.91. The van der Waals surface area contributed by atoms with Gasteiger partial charge in [-0.1, -0.05) is 32.9 Å². The van der Waals surface area contributed by atoms with Gasteiger partial charge in [0.2, 0.25) is 0 Å². The first kappa shape index (κ1) is 15.7. The number of amides is 1. The third-order valence-corrected chi connectivity index (χ3v) is 3.30. The Morgan fingerprint density at radius 1 is 1.32 bits per heavy atom. The molecule has 19 heavy (non-hydrogen) atoms. The van der Waals surface area contributed by atoms with Gasteiger partial charge < -0.3 is 9.64 Å². The molecule has 0 spiro atoms. The van der Waals surface area contributed by atoms with Gasteiger partial charge in [-0.15, -0.1) is 0 Å². The number of hydrogen-bond acceptors (Lipinski definition) is 2. The number of rotatable bonds is 4. The zero-order valence-electron chi connectivity index (χ0n) is 12.9. The molecule has 0 aromatic heterocycles. The number of carbonyl (C=O) groups is 1. The molecule has 1 aromatic rings. The van der Waals surface area contributed by atoms with Gasteiger partial charge in [-0.25, -0.2) is 0 Å². The lowest BCUT2D eigenvalue weighted by molar-refractivity contribution is 0.0743. The van der Waals surface area contributed by atoms with Crippen LogP contribution in [0.2, 0.25) is 0 Å². The van der Waals surface area contributed by atoms with Crippen LogP contribution in [0.5, 0.6) is 0 Å². The van der Waals surface area contributed by atoms with E-state index in [1.807, 2.05) is 19.1 Å². The molecule has 0 bridgehead atoms. The molecule has 0 aliphatic carbocycles. The van der Waals surface area contributed by atoms with E-state index in [4.69, 9.17) is 4.74 Å². The van der Waals surface area contributed by atoms with Gasteiger partial charge in [0.1, 0.15) is 0 Å². The second-order valence-corrected chi connectivity index (χ2v) is 6.00. The van der Waals surface area contributed by atoms with E-state index in [-0.39, 0.29) is 11.3 Å². The van der Waals surface area contributed by atoms with Crippen LogP contribution in [0.4, 0.5) is 0 Å². The first-order valence-corrected chi connectivity index (χ1v) is 6.63. The van der Waals surface area contributed by atoms with E-state index in [0.29, 0.717) is 13.2 Å². The largest absolute Gasteiger partial charge is 0.383 e. The Balaban J connectivity index is 2.93. The van der Waals surface area contributed by atoms with E-state index < -0.39 is 0 Å². The molecule has 0 fully saturated rings. The summed E-state index contributed by atoms with van der Waals surface area (Å²) in [5.74, 6) is 0.0509. The van der Waals surface area contributed by atoms with Crippen LogP contribution in [0.1, 0.15) is 42.3 Å². The molecule has 0 saturated carbocycles. The highest BCUT2D eigenvalue weighted by Crippen LogP contribution is 2.24. The molecule has 1 aromatic carbocycles. The first-order chi connectivity index (χ1) is 8.77. The number of ether oxygens (including phenoxy) is 1. The molecule has 106 valence electrons. The molecule has 0 unspecified atom stereocenters. The summed E-state index contributed by atoms with van der Waals surface area (Å²) in [5, 5.41) is 0. The van der Waals surface area contributed by atoms with Crippen LogP contribution in [-0.2, 0) is 10.2 Å². The zero-order chi connectivity index (χ0) is 14.6. The topological polar surface area (TPSA) is 29.5 Å². The Kier molecular flexibility index (Phi) is 5.12. The average Bonchev–Trinajstić information content (AvgIpc) is 2.33. The molecule has 1 rings (SSSR count). The molecule has 1 amide bonds. The fourth-order valence-electron chi connectivity index (χ4n) is 1.91. The number of likely N-dealkylation sites (N-methyl/N-ethyl adjacent to an activating group) is 1. The molecule has 0 atom stereocenters. The van der Waals surface area contributed by atoms with Crippen molar-refractivity contribution in [2.75, 3.05) is 27.3 Å². The summed E-state index contributed by atoms with van der Waals surface area (Å²) in [7, 11) is 3.44. The van der Waals surface area contributed by atoms with E-state index in [0.717, 1.165) is 11.1 Å². The number of nitrogens with zero attached hydrogens (tertiary/aromatic N) is 1. The Morgan fingerprint density at radius 3 is 2.42 bits per heavy atom. The smallest absolute Gasteiger partial charge is 0.253 e. The van der Waals surface area contributed by atoms with Crippen LogP contribution in [0, 0.1) is 6.92 Å². The van der Waals surface area contributed by atoms with Crippen molar-refractivity contribution in [2.45, 2.75) is 33.1 Å². The molecular formula is C16H25NO2. The van der Waals surface area contributed by atoms with E-state index in [9.17, 15) is 4.79 Å². The third-order valence-electron chi connectivity index (χ3n) is 3.30. The van der Waals surface area contributed by atoms with Gasteiger partial charge in [0.15, 0.2) is 0 Å². The molecule has 0 radical (unpaired) electrons. The highest BCUT2D eigenvalue weighted by Gasteiger charge is 2.18. The quantitative estimate of drug-likeness (QED) is 0.835. The van der Waals surface area contributed by atoms with E-state index in [2.05, 4.69) is 26.8 Å². The fraction of sp³-hybridized carbons (Fsp3) is 0.562. The standard InChI is InChI=1S/C16H25NO2/c1-12-11-13(16(2,3)4)7-8-14(12)15(18)17(5)9-10-19-6/h7-8,11H,9-10H2,1-6H3. The monoisotopic (exact) mass is 263 g/mol.